The van der Waals surface area contributed by atoms with E-state index in [1.54, 1.807) is 0 Å². The first-order valence-electron chi connectivity index (χ1n) is 4.79. The SMILES string of the molecule is C=C(/C=C\C=C/C)c1ccc(C)cc1. The summed E-state index contributed by atoms with van der Waals surface area (Å²) in [6, 6.07) is 8.39. The van der Waals surface area contributed by atoms with Crippen LogP contribution in [-0.2, 0) is 0 Å². The molecule has 0 atom stereocenters. The van der Waals surface area contributed by atoms with Crippen molar-refractivity contribution in [2.75, 3.05) is 0 Å². The van der Waals surface area contributed by atoms with Crippen molar-refractivity contribution in [1.82, 2.24) is 0 Å². The predicted octanol–water partition coefficient (Wildman–Crippen LogP) is 4.14. The standard InChI is InChI=1S/C14H16/c1-4-5-6-7-13(3)14-10-8-12(2)9-11-14/h4-11H,3H2,1-2H3/b5-4-,7-6-. The lowest BCUT2D eigenvalue weighted by atomic mass is 10.1. The molecule has 0 fully saturated rings. The largest absolute Gasteiger partial charge is 0.0912 e. The highest BCUT2D eigenvalue weighted by atomic mass is 14.0. The van der Waals surface area contributed by atoms with Gasteiger partial charge in [-0.05, 0) is 25.0 Å². The van der Waals surface area contributed by atoms with Gasteiger partial charge in [0, 0.05) is 0 Å². The summed E-state index contributed by atoms with van der Waals surface area (Å²) in [5.41, 5.74) is 3.50. The number of hydrogen-bond donors (Lipinski definition) is 0. The van der Waals surface area contributed by atoms with Gasteiger partial charge in [-0.25, -0.2) is 0 Å². The smallest absolute Gasteiger partial charge is 0.0190 e. The lowest BCUT2D eigenvalue weighted by Gasteiger charge is -2.00. The van der Waals surface area contributed by atoms with E-state index in [-0.39, 0.29) is 0 Å². The summed E-state index contributed by atoms with van der Waals surface area (Å²) in [6.07, 6.45) is 8.02. The van der Waals surface area contributed by atoms with E-state index >= 15 is 0 Å². The molecule has 0 aliphatic rings. The van der Waals surface area contributed by atoms with Crippen LogP contribution in [-0.4, -0.2) is 0 Å². The van der Waals surface area contributed by atoms with Crippen LogP contribution >= 0.6 is 0 Å². The zero-order valence-electron chi connectivity index (χ0n) is 8.83. The summed E-state index contributed by atoms with van der Waals surface area (Å²) in [4.78, 5) is 0. The average molecular weight is 184 g/mol. The highest BCUT2D eigenvalue weighted by molar-refractivity contribution is 5.72. The molecule has 0 spiro atoms. The minimum absolute atomic E-state index is 1.04. The Balaban J connectivity index is 2.75. The first kappa shape index (κ1) is 10.5. The first-order chi connectivity index (χ1) is 6.74. The Hall–Kier alpha value is -1.56. The molecule has 14 heavy (non-hydrogen) atoms. The quantitative estimate of drug-likeness (QED) is 0.619. The molecule has 0 amide bonds. The Bertz CT molecular complexity index is 350. The molecular weight excluding hydrogens is 168 g/mol. The third-order valence-corrected chi connectivity index (χ3v) is 2.02. The summed E-state index contributed by atoms with van der Waals surface area (Å²) in [5.74, 6) is 0. The van der Waals surface area contributed by atoms with E-state index in [1.807, 2.05) is 31.2 Å². The molecule has 1 rings (SSSR count). The minimum atomic E-state index is 1.04. The molecule has 0 nitrogen and oxygen atoms in total. The second-order valence-electron chi connectivity index (χ2n) is 3.28. The van der Waals surface area contributed by atoms with Crippen molar-refractivity contribution in [3.63, 3.8) is 0 Å². The number of allylic oxidation sites excluding steroid dienone is 5. The van der Waals surface area contributed by atoms with Crippen molar-refractivity contribution in [2.45, 2.75) is 13.8 Å². The van der Waals surface area contributed by atoms with Crippen LogP contribution in [0.3, 0.4) is 0 Å². The van der Waals surface area contributed by atoms with Crippen LogP contribution in [0, 0.1) is 6.92 Å². The predicted molar refractivity (Wildman–Crippen MR) is 64.2 cm³/mol. The first-order valence-corrected chi connectivity index (χ1v) is 4.79. The van der Waals surface area contributed by atoms with Crippen molar-refractivity contribution in [3.8, 4) is 0 Å². The molecule has 0 saturated heterocycles. The Morgan fingerprint density at radius 1 is 1.14 bits per heavy atom. The van der Waals surface area contributed by atoms with E-state index < -0.39 is 0 Å². The van der Waals surface area contributed by atoms with Gasteiger partial charge in [0.1, 0.15) is 0 Å². The highest BCUT2D eigenvalue weighted by Gasteiger charge is 1.92. The Labute approximate surface area is 86.3 Å². The van der Waals surface area contributed by atoms with Crippen molar-refractivity contribution < 1.29 is 0 Å². The summed E-state index contributed by atoms with van der Waals surface area (Å²) in [5, 5.41) is 0. The maximum absolute atomic E-state index is 4.01. The number of aryl methyl sites for hydroxylation is 1. The monoisotopic (exact) mass is 184 g/mol. The van der Waals surface area contributed by atoms with Gasteiger partial charge in [0.25, 0.3) is 0 Å². The lowest BCUT2D eigenvalue weighted by molar-refractivity contribution is 1.46. The van der Waals surface area contributed by atoms with Gasteiger partial charge in [-0.2, -0.15) is 0 Å². The Morgan fingerprint density at radius 3 is 2.36 bits per heavy atom. The molecule has 0 bridgehead atoms. The zero-order chi connectivity index (χ0) is 10.4. The Morgan fingerprint density at radius 2 is 1.79 bits per heavy atom. The topological polar surface area (TPSA) is 0 Å². The average Bonchev–Trinajstić information content (AvgIpc) is 2.19. The second kappa shape index (κ2) is 5.23. The van der Waals surface area contributed by atoms with Crippen LogP contribution in [0.25, 0.3) is 5.57 Å². The molecule has 1 aromatic carbocycles. The third-order valence-electron chi connectivity index (χ3n) is 2.02. The second-order valence-corrected chi connectivity index (χ2v) is 3.28. The van der Waals surface area contributed by atoms with Crippen LogP contribution in [0.2, 0.25) is 0 Å². The molecule has 0 N–H and O–H groups in total. The van der Waals surface area contributed by atoms with E-state index in [2.05, 4.69) is 37.8 Å². The summed E-state index contributed by atoms with van der Waals surface area (Å²) in [7, 11) is 0. The van der Waals surface area contributed by atoms with Gasteiger partial charge < -0.3 is 0 Å². The lowest BCUT2D eigenvalue weighted by Crippen LogP contribution is -1.78. The summed E-state index contributed by atoms with van der Waals surface area (Å²) >= 11 is 0. The fourth-order valence-corrected chi connectivity index (χ4v) is 1.15. The zero-order valence-corrected chi connectivity index (χ0v) is 8.83. The van der Waals surface area contributed by atoms with Gasteiger partial charge in [-0.15, -0.1) is 0 Å². The molecule has 0 radical (unpaired) electrons. The van der Waals surface area contributed by atoms with E-state index in [9.17, 15) is 0 Å². The fourth-order valence-electron chi connectivity index (χ4n) is 1.15. The molecule has 0 aromatic heterocycles. The molecular formula is C14H16. The molecule has 0 heterocycles. The number of rotatable bonds is 3. The van der Waals surface area contributed by atoms with E-state index in [0.29, 0.717) is 0 Å². The molecule has 0 aliphatic carbocycles. The van der Waals surface area contributed by atoms with Crippen molar-refractivity contribution in [2.24, 2.45) is 0 Å². The summed E-state index contributed by atoms with van der Waals surface area (Å²) in [6.45, 7) is 8.09. The van der Waals surface area contributed by atoms with Crippen LogP contribution in [0.4, 0.5) is 0 Å². The van der Waals surface area contributed by atoms with Crippen LogP contribution < -0.4 is 0 Å². The van der Waals surface area contributed by atoms with E-state index in [4.69, 9.17) is 0 Å². The molecule has 72 valence electrons. The van der Waals surface area contributed by atoms with Crippen LogP contribution in [0.5, 0.6) is 0 Å². The molecule has 0 heteroatoms. The van der Waals surface area contributed by atoms with Gasteiger partial charge in [-0.1, -0.05) is 60.7 Å². The molecule has 0 saturated carbocycles. The van der Waals surface area contributed by atoms with Gasteiger partial charge in [-0.3, -0.25) is 0 Å². The van der Waals surface area contributed by atoms with Crippen LogP contribution in [0.1, 0.15) is 18.1 Å². The third kappa shape index (κ3) is 3.06. The van der Waals surface area contributed by atoms with Gasteiger partial charge >= 0.3 is 0 Å². The highest BCUT2D eigenvalue weighted by Crippen LogP contribution is 2.14. The van der Waals surface area contributed by atoms with Gasteiger partial charge in [0.2, 0.25) is 0 Å². The molecule has 0 aliphatic heterocycles. The minimum Gasteiger partial charge on any atom is -0.0912 e. The molecule has 1 aromatic rings. The van der Waals surface area contributed by atoms with Crippen molar-refractivity contribution in [3.05, 3.63) is 66.3 Å². The normalized spacial score (nSPS) is 11.3. The van der Waals surface area contributed by atoms with Gasteiger partial charge in [0.05, 0.1) is 0 Å². The van der Waals surface area contributed by atoms with Crippen molar-refractivity contribution in [1.29, 1.82) is 0 Å². The van der Waals surface area contributed by atoms with E-state index in [0.717, 1.165) is 5.57 Å². The Kier molecular flexibility index (Phi) is 3.93. The van der Waals surface area contributed by atoms with E-state index in [1.165, 1.54) is 11.1 Å². The summed E-state index contributed by atoms with van der Waals surface area (Å²) < 4.78 is 0. The van der Waals surface area contributed by atoms with Gasteiger partial charge in [0.15, 0.2) is 0 Å². The number of hydrogen-bond acceptors (Lipinski definition) is 0. The van der Waals surface area contributed by atoms with Crippen LogP contribution in [0.15, 0.2) is 55.1 Å². The maximum atomic E-state index is 4.01. The molecule has 0 unspecified atom stereocenters. The maximum Gasteiger partial charge on any atom is -0.0190 e. The fraction of sp³-hybridized carbons (Fsp3) is 0.143. The van der Waals surface area contributed by atoms with Crippen molar-refractivity contribution >= 4 is 5.57 Å². The number of benzene rings is 1.